The van der Waals surface area contributed by atoms with Crippen LogP contribution in [0, 0.1) is 0 Å². The number of benzene rings is 3. The second-order valence-corrected chi connectivity index (χ2v) is 9.73. The third-order valence-electron chi connectivity index (χ3n) is 4.54. The average molecular weight is 517 g/mol. The molecule has 0 heterocycles. The zero-order valence-electron chi connectivity index (χ0n) is 16.8. The van der Waals surface area contributed by atoms with Crippen LogP contribution in [0.15, 0.2) is 77.7 Å². The number of anilines is 1. The van der Waals surface area contributed by atoms with E-state index in [0.29, 0.717) is 16.7 Å². The number of sulfonamides is 1. The lowest BCUT2D eigenvalue weighted by Crippen LogP contribution is -2.37. The summed E-state index contributed by atoms with van der Waals surface area (Å²) in [5.74, 6) is -0.857. The number of rotatable bonds is 7. The lowest BCUT2D eigenvalue weighted by Gasteiger charge is -2.22. The fourth-order valence-electron chi connectivity index (χ4n) is 2.92. The summed E-state index contributed by atoms with van der Waals surface area (Å²) in [6, 6.07) is 16.4. The van der Waals surface area contributed by atoms with Gasteiger partial charge in [0.1, 0.15) is 0 Å². The van der Waals surface area contributed by atoms with Gasteiger partial charge in [-0.3, -0.25) is 4.79 Å². The van der Waals surface area contributed by atoms with Crippen molar-refractivity contribution in [1.82, 2.24) is 4.31 Å². The van der Waals surface area contributed by atoms with E-state index in [4.69, 9.17) is 23.2 Å². The number of hydrogen-bond acceptors (Lipinski definition) is 3. The van der Waals surface area contributed by atoms with Gasteiger partial charge in [0.15, 0.2) is 0 Å². The van der Waals surface area contributed by atoms with Crippen LogP contribution in [0.4, 0.5) is 18.9 Å². The molecule has 3 aromatic carbocycles. The molecule has 3 aromatic rings. The van der Waals surface area contributed by atoms with E-state index < -0.39 is 34.2 Å². The molecule has 0 radical (unpaired) electrons. The van der Waals surface area contributed by atoms with Gasteiger partial charge in [0.25, 0.3) is 0 Å². The third-order valence-corrected chi connectivity index (χ3v) is 6.93. The summed E-state index contributed by atoms with van der Waals surface area (Å²) < 4.78 is 66.4. The fraction of sp³-hybridized carbons (Fsp3) is 0.136. The van der Waals surface area contributed by atoms with Crippen LogP contribution in [0.1, 0.15) is 11.1 Å². The quantitative estimate of drug-likeness (QED) is 0.428. The largest absolute Gasteiger partial charge is 0.416 e. The molecule has 0 aromatic heterocycles. The monoisotopic (exact) mass is 516 g/mol. The first-order valence-electron chi connectivity index (χ1n) is 9.43. The van der Waals surface area contributed by atoms with Gasteiger partial charge in [0.2, 0.25) is 15.9 Å². The molecule has 0 unspecified atom stereocenters. The second kappa shape index (κ2) is 10.1. The molecule has 5 nitrogen and oxygen atoms in total. The van der Waals surface area contributed by atoms with E-state index in [-0.39, 0.29) is 22.2 Å². The summed E-state index contributed by atoms with van der Waals surface area (Å²) in [5.41, 5.74) is -0.669. The van der Waals surface area contributed by atoms with Gasteiger partial charge in [-0.2, -0.15) is 17.5 Å². The first-order chi connectivity index (χ1) is 15.5. The van der Waals surface area contributed by atoms with Crippen molar-refractivity contribution in [2.24, 2.45) is 0 Å². The third kappa shape index (κ3) is 6.48. The van der Waals surface area contributed by atoms with E-state index in [9.17, 15) is 26.4 Å². The number of carbonyl (C=O) groups is 1. The topological polar surface area (TPSA) is 66.5 Å². The van der Waals surface area contributed by atoms with Crippen molar-refractivity contribution in [1.29, 1.82) is 0 Å². The Bertz CT molecular complexity index is 1240. The zero-order chi connectivity index (χ0) is 24.2. The molecule has 3 rings (SSSR count). The number of hydrogen-bond donors (Lipinski definition) is 1. The number of alkyl halides is 3. The van der Waals surface area contributed by atoms with Crippen LogP contribution < -0.4 is 5.32 Å². The molecule has 0 aliphatic rings. The molecule has 0 aliphatic carbocycles. The highest BCUT2D eigenvalue weighted by atomic mass is 35.5. The number of carbonyl (C=O) groups excluding carboxylic acids is 1. The summed E-state index contributed by atoms with van der Waals surface area (Å²) in [4.78, 5) is 12.6. The average Bonchev–Trinajstić information content (AvgIpc) is 2.75. The summed E-state index contributed by atoms with van der Waals surface area (Å²) in [6.45, 7) is -0.804. The van der Waals surface area contributed by atoms with Gasteiger partial charge in [-0.25, -0.2) is 8.42 Å². The summed E-state index contributed by atoms with van der Waals surface area (Å²) in [7, 11) is -4.14. The summed E-state index contributed by atoms with van der Waals surface area (Å²) in [6.07, 6.45) is -4.64. The lowest BCUT2D eigenvalue weighted by atomic mass is 10.2. The van der Waals surface area contributed by atoms with Crippen molar-refractivity contribution < 1.29 is 26.4 Å². The Morgan fingerprint density at radius 2 is 1.58 bits per heavy atom. The van der Waals surface area contributed by atoms with E-state index in [1.807, 2.05) is 0 Å². The Morgan fingerprint density at radius 3 is 2.18 bits per heavy atom. The highest BCUT2D eigenvalue weighted by molar-refractivity contribution is 7.89. The molecular weight excluding hydrogens is 500 g/mol. The fourth-order valence-corrected chi connectivity index (χ4v) is 4.59. The van der Waals surface area contributed by atoms with Crippen molar-refractivity contribution in [3.05, 3.63) is 94.0 Å². The number of halogens is 5. The maximum Gasteiger partial charge on any atom is 0.416 e. The first-order valence-corrected chi connectivity index (χ1v) is 11.6. The van der Waals surface area contributed by atoms with Crippen LogP contribution in [0.2, 0.25) is 10.0 Å². The van der Waals surface area contributed by atoms with Crippen LogP contribution in [-0.4, -0.2) is 25.2 Å². The van der Waals surface area contributed by atoms with Crippen LogP contribution in [0.5, 0.6) is 0 Å². The first kappa shape index (κ1) is 25.0. The summed E-state index contributed by atoms with van der Waals surface area (Å²) >= 11 is 11.8. The van der Waals surface area contributed by atoms with Crippen LogP contribution >= 0.6 is 23.2 Å². The number of nitrogens with zero attached hydrogens (tertiary/aromatic N) is 1. The number of nitrogens with one attached hydrogen (secondary N) is 1. The van der Waals surface area contributed by atoms with Gasteiger partial charge in [-0.15, -0.1) is 0 Å². The number of amides is 1. The molecule has 33 heavy (non-hydrogen) atoms. The molecule has 174 valence electrons. The van der Waals surface area contributed by atoms with Gasteiger partial charge in [0, 0.05) is 11.6 Å². The Labute approximate surface area is 198 Å². The molecule has 0 fully saturated rings. The SMILES string of the molecule is O=C(CN(Cc1ccccc1)S(=O)(=O)c1ccc(Cl)cc1)Nc1cc(C(F)(F)F)ccc1Cl. The van der Waals surface area contributed by atoms with Crippen LogP contribution in [-0.2, 0) is 27.5 Å². The Hall–Kier alpha value is -2.59. The van der Waals surface area contributed by atoms with Gasteiger partial charge in [-0.1, -0.05) is 53.5 Å². The van der Waals surface area contributed by atoms with E-state index in [0.717, 1.165) is 16.4 Å². The van der Waals surface area contributed by atoms with Crippen molar-refractivity contribution >= 4 is 44.8 Å². The van der Waals surface area contributed by atoms with Crippen LogP contribution in [0.3, 0.4) is 0 Å². The second-order valence-electron chi connectivity index (χ2n) is 6.95. The highest BCUT2D eigenvalue weighted by Gasteiger charge is 2.32. The smallest absolute Gasteiger partial charge is 0.324 e. The van der Waals surface area contributed by atoms with E-state index in [1.165, 1.54) is 24.3 Å². The zero-order valence-corrected chi connectivity index (χ0v) is 19.1. The molecule has 0 saturated carbocycles. The van der Waals surface area contributed by atoms with Crippen molar-refractivity contribution in [3.63, 3.8) is 0 Å². The Kier molecular flexibility index (Phi) is 7.69. The maximum absolute atomic E-state index is 13.2. The van der Waals surface area contributed by atoms with E-state index in [2.05, 4.69) is 5.32 Å². The Balaban J connectivity index is 1.89. The minimum atomic E-state index is -4.64. The van der Waals surface area contributed by atoms with Gasteiger partial charge in [-0.05, 0) is 48.0 Å². The predicted molar refractivity (Wildman–Crippen MR) is 121 cm³/mol. The molecule has 0 saturated heterocycles. The molecule has 1 N–H and O–H groups in total. The minimum Gasteiger partial charge on any atom is -0.324 e. The molecule has 0 atom stereocenters. The van der Waals surface area contributed by atoms with Crippen LogP contribution in [0.25, 0.3) is 0 Å². The standard InChI is InChI=1S/C22H17Cl2F3N2O3S/c23-17-7-9-18(10-8-17)33(31,32)29(13-15-4-2-1-3-5-15)14-21(30)28-20-12-16(22(25,26)27)6-11-19(20)24/h1-12H,13-14H2,(H,28,30). The normalized spacial score (nSPS) is 12.1. The summed E-state index contributed by atoms with van der Waals surface area (Å²) in [5, 5.41) is 2.49. The maximum atomic E-state index is 13.2. The van der Waals surface area contributed by atoms with Gasteiger partial charge < -0.3 is 5.32 Å². The van der Waals surface area contributed by atoms with Crippen molar-refractivity contribution in [3.8, 4) is 0 Å². The Morgan fingerprint density at radius 1 is 0.939 bits per heavy atom. The minimum absolute atomic E-state index is 0.0901. The van der Waals surface area contributed by atoms with Crippen molar-refractivity contribution in [2.45, 2.75) is 17.6 Å². The van der Waals surface area contributed by atoms with E-state index >= 15 is 0 Å². The molecule has 11 heteroatoms. The molecule has 0 aliphatic heterocycles. The molecule has 0 bridgehead atoms. The van der Waals surface area contributed by atoms with E-state index in [1.54, 1.807) is 30.3 Å². The molecule has 1 amide bonds. The predicted octanol–water partition coefficient (Wildman–Crippen LogP) is 5.84. The van der Waals surface area contributed by atoms with Gasteiger partial charge in [0.05, 0.1) is 27.7 Å². The molecule has 0 spiro atoms. The van der Waals surface area contributed by atoms with Crippen molar-refractivity contribution in [2.75, 3.05) is 11.9 Å². The highest BCUT2D eigenvalue weighted by Crippen LogP contribution is 2.34. The molecular formula is C22H17Cl2F3N2O3S. The lowest BCUT2D eigenvalue weighted by molar-refractivity contribution is -0.137. The van der Waals surface area contributed by atoms with Gasteiger partial charge >= 0.3 is 6.18 Å².